The molecule has 2 rings (SSSR count). The molecule has 0 N–H and O–H groups in total. The molecule has 7 heteroatoms. The summed E-state index contributed by atoms with van der Waals surface area (Å²) in [5.74, 6) is 0.0809. The van der Waals surface area contributed by atoms with Crippen LogP contribution < -0.4 is 4.74 Å². The summed E-state index contributed by atoms with van der Waals surface area (Å²) in [7, 11) is 0. The Kier molecular flexibility index (Phi) is 4.51. The van der Waals surface area contributed by atoms with Crippen LogP contribution in [0.5, 0.6) is 5.75 Å². The maximum absolute atomic E-state index is 11.6. The molecule has 0 aliphatic rings. The van der Waals surface area contributed by atoms with Crippen molar-refractivity contribution in [3.63, 3.8) is 0 Å². The molecule has 0 aliphatic carbocycles. The molecule has 2 aromatic rings. The highest BCUT2D eigenvalue weighted by Crippen LogP contribution is 2.28. The van der Waals surface area contributed by atoms with Crippen LogP contribution in [0.4, 0.5) is 5.69 Å². The van der Waals surface area contributed by atoms with Crippen molar-refractivity contribution >= 4 is 38.7 Å². The molecule has 0 saturated carbocycles. The molecule has 0 bridgehead atoms. The Morgan fingerprint density at radius 1 is 1.45 bits per heavy atom. The van der Waals surface area contributed by atoms with Gasteiger partial charge in [-0.25, -0.2) is 0 Å². The van der Waals surface area contributed by atoms with Gasteiger partial charge in [0.25, 0.3) is 5.69 Å². The molecular formula is C13H10BrNO4S. The van der Waals surface area contributed by atoms with Crippen LogP contribution in [0.15, 0.2) is 34.1 Å². The summed E-state index contributed by atoms with van der Waals surface area (Å²) in [6.45, 7) is 1.66. The van der Waals surface area contributed by atoms with E-state index in [0.717, 1.165) is 9.35 Å². The van der Waals surface area contributed by atoms with Gasteiger partial charge in [-0.1, -0.05) is 0 Å². The van der Waals surface area contributed by atoms with E-state index in [4.69, 9.17) is 4.74 Å². The van der Waals surface area contributed by atoms with Gasteiger partial charge in [0, 0.05) is 16.6 Å². The molecule has 0 saturated heterocycles. The number of rotatable bonds is 5. The Bertz CT molecular complexity index is 668. The lowest BCUT2D eigenvalue weighted by atomic mass is 10.1. The molecule has 0 fully saturated rings. The van der Waals surface area contributed by atoms with E-state index < -0.39 is 4.92 Å². The first kappa shape index (κ1) is 14.7. The summed E-state index contributed by atoms with van der Waals surface area (Å²) >= 11 is 4.92. The van der Waals surface area contributed by atoms with E-state index in [0.29, 0.717) is 12.4 Å². The van der Waals surface area contributed by atoms with Crippen molar-refractivity contribution in [2.75, 3.05) is 0 Å². The lowest BCUT2D eigenvalue weighted by Gasteiger charge is -2.09. The quantitative estimate of drug-likeness (QED) is 0.457. The number of nitro benzene ring substituents is 1. The van der Waals surface area contributed by atoms with Crippen molar-refractivity contribution in [2.45, 2.75) is 13.5 Å². The fourth-order valence-electron chi connectivity index (χ4n) is 1.60. The van der Waals surface area contributed by atoms with Gasteiger partial charge in [0.05, 0.1) is 15.4 Å². The zero-order valence-electron chi connectivity index (χ0n) is 10.5. The van der Waals surface area contributed by atoms with Gasteiger partial charge in [-0.15, -0.1) is 11.3 Å². The number of thiophene rings is 1. The molecular weight excluding hydrogens is 346 g/mol. The van der Waals surface area contributed by atoms with Crippen molar-refractivity contribution in [1.29, 1.82) is 0 Å². The second-order valence-electron chi connectivity index (χ2n) is 3.97. The van der Waals surface area contributed by atoms with Crippen molar-refractivity contribution in [1.82, 2.24) is 0 Å². The molecule has 20 heavy (non-hydrogen) atoms. The summed E-state index contributed by atoms with van der Waals surface area (Å²) in [4.78, 5) is 22.7. The SMILES string of the molecule is CC(=O)c1cc([N+](=O)[O-])ccc1OCc1sccc1Br. The lowest BCUT2D eigenvalue weighted by Crippen LogP contribution is -2.02. The first-order valence-corrected chi connectivity index (χ1v) is 7.30. The second-order valence-corrected chi connectivity index (χ2v) is 5.83. The third kappa shape index (κ3) is 3.23. The molecule has 0 radical (unpaired) electrons. The van der Waals surface area contributed by atoms with Crippen LogP contribution in [-0.4, -0.2) is 10.7 Å². The predicted octanol–water partition coefficient (Wildman–Crippen LogP) is 4.20. The van der Waals surface area contributed by atoms with Gasteiger partial charge in [0.15, 0.2) is 5.78 Å². The summed E-state index contributed by atoms with van der Waals surface area (Å²) in [5, 5.41) is 12.6. The highest BCUT2D eigenvalue weighted by molar-refractivity contribution is 9.10. The smallest absolute Gasteiger partial charge is 0.270 e. The average Bonchev–Trinajstić information content (AvgIpc) is 2.81. The number of ketones is 1. The summed E-state index contributed by atoms with van der Waals surface area (Å²) in [6, 6.07) is 5.92. The van der Waals surface area contributed by atoms with Gasteiger partial charge >= 0.3 is 0 Å². The van der Waals surface area contributed by atoms with E-state index in [1.54, 1.807) is 0 Å². The van der Waals surface area contributed by atoms with Gasteiger partial charge in [0.1, 0.15) is 12.4 Å². The molecule has 0 spiro atoms. The van der Waals surface area contributed by atoms with Crippen LogP contribution >= 0.6 is 27.3 Å². The van der Waals surface area contributed by atoms with E-state index >= 15 is 0 Å². The number of halogens is 1. The number of ether oxygens (including phenoxy) is 1. The maximum atomic E-state index is 11.6. The third-order valence-corrected chi connectivity index (χ3v) is 4.50. The monoisotopic (exact) mass is 355 g/mol. The highest BCUT2D eigenvalue weighted by Gasteiger charge is 2.15. The molecule has 0 aliphatic heterocycles. The van der Waals surface area contributed by atoms with E-state index in [9.17, 15) is 14.9 Å². The third-order valence-electron chi connectivity index (χ3n) is 2.60. The number of nitro groups is 1. The molecule has 0 unspecified atom stereocenters. The van der Waals surface area contributed by atoms with Crippen molar-refractivity contribution < 1.29 is 14.5 Å². The molecule has 5 nitrogen and oxygen atoms in total. The number of nitrogens with zero attached hydrogens (tertiary/aromatic N) is 1. The maximum Gasteiger partial charge on any atom is 0.270 e. The summed E-state index contributed by atoms with van der Waals surface area (Å²) in [6.07, 6.45) is 0. The summed E-state index contributed by atoms with van der Waals surface area (Å²) < 4.78 is 6.53. The van der Waals surface area contributed by atoms with Gasteiger partial charge < -0.3 is 4.74 Å². The van der Waals surface area contributed by atoms with Crippen molar-refractivity contribution in [2.24, 2.45) is 0 Å². The number of carbonyl (C=O) groups is 1. The van der Waals surface area contributed by atoms with E-state index in [2.05, 4.69) is 15.9 Å². The zero-order chi connectivity index (χ0) is 14.7. The molecule has 0 amide bonds. The fraction of sp³-hybridized carbons (Fsp3) is 0.154. The fourth-order valence-corrected chi connectivity index (χ4v) is 2.98. The Hall–Kier alpha value is -1.73. The lowest BCUT2D eigenvalue weighted by molar-refractivity contribution is -0.384. The first-order chi connectivity index (χ1) is 9.49. The molecule has 1 aromatic carbocycles. The minimum atomic E-state index is -0.536. The molecule has 1 heterocycles. The van der Waals surface area contributed by atoms with Crippen LogP contribution in [0.25, 0.3) is 0 Å². The number of hydrogen-bond acceptors (Lipinski definition) is 5. The van der Waals surface area contributed by atoms with Crippen molar-refractivity contribution in [3.8, 4) is 5.75 Å². The van der Waals surface area contributed by atoms with Gasteiger partial charge in [-0.2, -0.15) is 0 Å². The molecule has 0 atom stereocenters. The number of hydrogen-bond donors (Lipinski definition) is 0. The standard InChI is InChI=1S/C13H10BrNO4S/c1-8(16)10-6-9(15(17)18)2-3-12(10)19-7-13-11(14)4-5-20-13/h2-6H,7H2,1H3. The number of Topliss-reactive ketones (excluding diaryl/α,β-unsaturated/α-hetero) is 1. The van der Waals surface area contributed by atoms with E-state index in [1.807, 2.05) is 11.4 Å². The van der Waals surface area contributed by atoms with Crippen LogP contribution in [-0.2, 0) is 6.61 Å². The van der Waals surface area contributed by atoms with Gasteiger partial charge in [-0.05, 0) is 40.4 Å². The normalized spacial score (nSPS) is 10.3. The van der Waals surface area contributed by atoms with Crippen LogP contribution in [0, 0.1) is 10.1 Å². The number of non-ortho nitro benzene ring substituents is 1. The Balaban J connectivity index is 2.25. The minimum absolute atomic E-state index is 0.125. The topological polar surface area (TPSA) is 69.4 Å². The predicted molar refractivity (Wildman–Crippen MR) is 79.5 cm³/mol. The van der Waals surface area contributed by atoms with Gasteiger partial charge in [-0.3, -0.25) is 14.9 Å². The van der Waals surface area contributed by atoms with Crippen LogP contribution in [0.2, 0.25) is 0 Å². The minimum Gasteiger partial charge on any atom is -0.487 e. The number of benzene rings is 1. The Labute approximate surface area is 127 Å². The van der Waals surface area contributed by atoms with E-state index in [-0.39, 0.29) is 17.0 Å². The second kappa shape index (κ2) is 6.15. The van der Waals surface area contributed by atoms with Crippen LogP contribution in [0.1, 0.15) is 22.2 Å². The Morgan fingerprint density at radius 2 is 2.20 bits per heavy atom. The Morgan fingerprint density at radius 3 is 2.75 bits per heavy atom. The molecule has 104 valence electrons. The zero-order valence-corrected chi connectivity index (χ0v) is 12.9. The largest absolute Gasteiger partial charge is 0.487 e. The highest BCUT2D eigenvalue weighted by atomic mass is 79.9. The van der Waals surface area contributed by atoms with E-state index in [1.165, 1.54) is 36.5 Å². The van der Waals surface area contributed by atoms with Crippen LogP contribution in [0.3, 0.4) is 0 Å². The average molecular weight is 356 g/mol. The summed E-state index contributed by atoms with van der Waals surface area (Å²) in [5.41, 5.74) is 0.0896. The molecule has 1 aromatic heterocycles. The first-order valence-electron chi connectivity index (χ1n) is 5.63. The van der Waals surface area contributed by atoms with Gasteiger partial charge in [0.2, 0.25) is 0 Å². The van der Waals surface area contributed by atoms with Crippen molar-refractivity contribution in [3.05, 3.63) is 54.7 Å². The number of carbonyl (C=O) groups excluding carboxylic acids is 1.